The summed E-state index contributed by atoms with van der Waals surface area (Å²) in [6.45, 7) is 3.90. The number of benzene rings is 1. The van der Waals surface area contributed by atoms with Crippen LogP contribution < -0.4 is 5.73 Å². The third kappa shape index (κ3) is 6.04. The Labute approximate surface area is 127 Å². The fraction of sp³-hybridized carbons (Fsp3) is 0.562. The van der Waals surface area contributed by atoms with Crippen molar-refractivity contribution in [1.82, 2.24) is 9.80 Å². The molecule has 0 spiro atoms. The van der Waals surface area contributed by atoms with E-state index in [9.17, 15) is 9.90 Å². The van der Waals surface area contributed by atoms with Crippen LogP contribution in [0.1, 0.15) is 31.7 Å². The van der Waals surface area contributed by atoms with Gasteiger partial charge in [-0.3, -0.25) is 4.79 Å². The van der Waals surface area contributed by atoms with Gasteiger partial charge in [0.05, 0.1) is 0 Å². The Balaban J connectivity index is 2.79. The molecule has 1 amide bonds. The number of hydrogen-bond donors (Lipinski definition) is 2. The van der Waals surface area contributed by atoms with E-state index in [1.54, 1.807) is 23.1 Å². The Morgan fingerprint density at radius 2 is 2.00 bits per heavy atom. The maximum absolute atomic E-state index is 12.3. The molecule has 0 aliphatic heterocycles. The molecule has 0 aliphatic rings. The maximum atomic E-state index is 12.3. The van der Waals surface area contributed by atoms with Crippen molar-refractivity contribution < 1.29 is 9.90 Å². The average Bonchev–Trinajstić information content (AvgIpc) is 2.44. The Hall–Kier alpha value is -1.75. The van der Waals surface area contributed by atoms with E-state index in [2.05, 4.69) is 6.92 Å². The van der Waals surface area contributed by atoms with Crippen molar-refractivity contribution in [2.75, 3.05) is 32.9 Å². The number of anilines is 1. The summed E-state index contributed by atoms with van der Waals surface area (Å²) >= 11 is 0. The highest BCUT2D eigenvalue weighted by Crippen LogP contribution is 2.22. The lowest BCUT2D eigenvalue weighted by atomic mass is 10.1. The van der Waals surface area contributed by atoms with Gasteiger partial charge in [-0.2, -0.15) is 0 Å². The smallest absolute Gasteiger partial charge is 0.222 e. The molecule has 1 aromatic rings. The standard InChI is InChI=1S/C16H27N3O2/c1-4-5-6-16(21)19(10-9-18(2)3)12-13-11-14(17)7-8-15(13)20/h7-8,11,20H,4-6,9-10,12,17H2,1-3H3. The third-order valence-electron chi connectivity index (χ3n) is 3.38. The zero-order valence-electron chi connectivity index (χ0n) is 13.3. The Kier molecular flexibility index (Phi) is 7.02. The lowest BCUT2D eigenvalue weighted by molar-refractivity contribution is -0.132. The minimum Gasteiger partial charge on any atom is -0.508 e. The van der Waals surface area contributed by atoms with Gasteiger partial charge in [-0.1, -0.05) is 13.3 Å². The highest BCUT2D eigenvalue weighted by molar-refractivity contribution is 5.76. The molecule has 0 aliphatic carbocycles. The fourth-order valence-corrected chi connectivity index (χ4v) is 2.04. The maximum Gasteiger partial charge on any atom is 0.222 e. The number of likely N-dealkylation sites (N-methyl/N-ethyl adjacent to an activating group) is 1. The number of hydrogen-bond acceptors (Lipinski definition) is 4. The van der Waals surface area contributed by atoms with Crippen LogP contribution in [0.15, 0.2) is 18.2 Å². The monoisotopic (exact) mass is 293 g/mol. The van der Waals surface area contributed by atoms with E-state index >= 15 is 0 Å². The van der Waals surface area contributed by atoms with Crippen molar-refractivity contribution in [2.45, 2.75) is 32.7 Å². The van der Waals surface area contributed by atoms with E-state index in [1.165, 1.54) is 0 Å². The molecule has 3 N–H and O–H groups in total. The summed E-state index contributed by atoms with van der Waals surface area (Å²) in [6.07, 6.45) is 2.43. The van der Waals surface area contributed by atoms with Crippen molar-refractivity contribution >= 4 is 11.6 Å². The third-order valence-corrected chi connectivity index (χ3v) is 3.38. The molecule has 1 aromatic carbocycles. The molecule has 0 aromatic heterocycles. The second-order valence-corrected chi connectivity index (χ2v) is 5.61. The molecule has 0 radical (unpaired) electrons. The minimum atomic E-state index is 0.125. The van der Waals surface area contributed by atoms with Gasteiger partial charge in [0.15, 0.2) is 0 Å². The van der Waals surface area contributed by atoms with Gasteiger partial charge in [-0.05, 0) is 38.7 Å². The summed E-state index contributed by atoms with van der Waals surface area (Å²) in [5.74, 6) is 0.308. The van der Waals surface area contributed by atoms with Crippen molar-refractivity contribution in [1.29, 1.82) is 0 Å². The topological polar surface area (TPSA) is 69.8 Å². The number of nitrogens with two attached hydrogens (primary N) is 1. The molecule has 1 rings (SSSR count). The van der Waals surface area contributed by atoms with Gasteiger partial charge in [0.1, 0.15) is 5.75 Å². The van der Waals surface area contributed by atoms with Gasteiger partial charge in [0.25, 0.3) is 0 Å². The highest BCUT2D eigenvalue weighted by atomic mass is 16.3. The second-order valence-electron chi connectivity index (χ2n) is 5.61. The predicted octanol–water partition coefficient (Wildman–Crippen LogP) is 2.05. The predicted molar refractivity (Wildman–Crippen MR) is 86.0 cm³/mol. The molecule has 0 bridgehead atoms. The van der Waals surface area contributed by atoms with Crippen LogP contribution in [-0.2, 0) is 11.3 Å². The summed E-state index contributed by atoms with van der Waals surface area (Å²) < 4.78 is 0. The van der Waals surface area contributed by atoms with E-state index in [4.69, 9.17) is 5.73 Å². The quantitative estimate of drug-likeness (QED) is 0.568. The second kappa shape index (κ2) is 8.52. The van der Waals surface area contributed by atoms with Gasteiger partial charge in [0, 0.05) is 37.3 Å². The first-order valence-corrected chi connectivity index (χ1v) is 7.44. The van der Waals surface area contributed by atoms with Crippen molar-refractivity contribution in [2.24, 2.45) is 0 Å². The Bertz CT molecular complexity index is 461. The van der Waals surface area contributed by atoms with Crippen molar-refractivity contribution in [3.05, 3.63) is 23.8 Å². The molecule has 118 valence electrons. The van der Waals surface area contributed by atoms with E-state index in [0.29, 0.717) is 30.8 Å². The normalized spacial score (nSPS) is 10.9. The van der Waals surface area contributed by atoms with Crippen molar-refractivity contribution in [3.63, 3.8) is 0 Å². The van der Waals surface area contributed by atoms with E-state index < -0.39 is 0 Å². The highest BCUT2D eigenvalue weighted by Gasteiger charge is 2.15. The summed E-state index contributed by atoms with van der Waals surface area (Å²) in [7, 11) is 3.96. The lowest BCUT2D eigenvalue weighted by Crippen LogP contribution is -2.36. The van der Waals surface area contributed by atoms with Crippen LogP contribution in [0.2, 0.25) is 0 Å². The SMILES string of the molecule is CCCCC(=O)N(CCN(C)C)Cc1cc(N)ccc1O. The molecule has 0 heterocycles. The number of carbonyl (C=O) groups is 1. The number of phenols is 1. The number of rotatable bonds is 8. The zero-order valence-corrected chi connectivity index (χ0v) is 13.3. The van der Waals surface area contributed by atoms with Crippen LogP contribution in [0.3, 0.4) is 0 Å². The van der Waals surface area contributed by atoms with Gasteiger partial charge in [-0.25, -0.2) is 0 Å². The fourth-order valence-electron chi connectivity index (χ4n) is 2.04. The number of nitrogens with zero attached hydrogens (tertiary/aromatic N) is 2. The van der Waals surface area contributed by atoms with Crippen LogP contribution >= 0.6 is 0 Å². The minimum absolute atomic E-state index is 0.125. The number of nitrogen functional groups attached to an aromatic ring is 1. The molecule has 0 atom stereocenters. The van der Waals surface area contributed by atoms with Crippen LogP contribution in [0, 0.1) is 0 Å². The molecule has 21 heavy (non-hydrogen) atoms. The Morgan fingerprint density at radius 1 is 1.29 bits per heavy atom. The molecular weight excluding hydrogens is 266 g/mol. The molecule has 5 nitrogen and oxygen atoms in total. The number of aromatic hydroxyl groups is 1. The number of amides is 1. The van der Waals surface area contributed by atoms with Crippen LogP contribution in [0.25, 0.3) is 0 Å². The molecule has 0 unspecified atom stereocenters. The molecule has 0 saturated carbocycles. The van der Waals surface area contributed by atoms with E-state index in [1.807, 2.05) is 19.0 Å². The number of carbonyl (C=O) groups excluding carboxylic acids is 1. The number of phenolic OH excluding ortho intramolecular Hbond substituents is 1. The molecular formula is C16H27N3O2. The molecule has 0 saturated heterocycles. The molecule has 0 fully saturated rings. The number of unbranched alkanes of at least 4 members (excludes halogenated alkanes) is 1. The Morgan fingerprint density at radius 3 is 2.62 bits per heavy atom. The summed E-state index contributed by atoms with van der Waals surface area (Å²) in [4.78, 5) is 16.1. The van der Waals surface area contributed by atoms with Gasteiger partial charge >= 0.3 is 0 Å². The summed E-state index contributed by atoms with van der Waals surface area (Å²) in [6, 6.07) is 4.96. The van der Waals surface area contributed by atoms with Crippen molar-refractivity contribution in [3.8, 4) is 5.75 Å². The first-order valence-electron chi connectivity index (χ1n) is 7.44. The van der Waals surface area contributed by atoms with Crippen LogP contribution in [-0.4, -0.2) is 48.0 Å². The largest absolute Gasteiger partial charge is 0.508 e. The van der Waals surface area contributed by atoms with Gasteiger partial charge in [0.2, 0.25) is 5.91 Å². The zero-order chi connectivity index (χ0) is 15.8. The average molecular weight is 293 g/mol. The first-order chi connectivity index (χ1) is 9.93. The van der Waals surface area contributed by atoms with Crippen LogP contribution in [0.5, 0.6) is 5.75 Å². The van der Waals surface area contributed by atoms with Gasteiger partial charge < -0.3 is 20.6 Å². The lowest BCUT2D eigenvalue weighted by Gasteiger charge is -2.25. The molecule has 5 heteroatoms. The van der Waals surface area contributed by atoms with Crippen LogP contribution in [0.4, 0.5) is 5.69 Å². The van der Waals surface area contributed by atoms with E-state index in [0.717, 1.165) is 19.4 Å². The summed E-state index contributed by atoms with van der Waals surface area (Å²) in [5.41, 5.74) is 7.05. The van der Waals surface area contributed by atoms with E-state index in [-0.39, 0.29) is 11.7 Å². The summed E-state index contributed by atoms with van der Waals surface area (Å²) in [5, 5.41) is 9.92. The first kappa shape index (κ1) is 17.3. The van der Waals surface area contributed by atoms with Gasteiger partial charge in [-0.15, -0.1) is 0 Å².